The second kappa shape index (κ2) is 4.94. The molecule has 0 radical (unpaired) electrons. The second-order valence-corrected chi connectivity index (χ2v) is 3.39. The molecule has 1 nitrogen and oxygen atoms in total. The molecule has 1 aromatic rings. The van der Waals surface area contributed by atoms with Gasteiger partial charge in [0.25, 0.3) is 0 Å². The number of aryl methyl sites for hydroxylation is 2. The highest BCUT2D eigenvalue weighted by molar-refractivity contribution is 5.36. The fourth-order valence-corrected chi connectivity index (χ4v) is 1.75. The molecule has 1 aromatic heterocycles. The summed E-state index contributed by atoms with van der Waals surface area (Å²) >= 11 is 0. The molecule has 0 aromatic carbocycles. The van der Waals surface area contributed by atoms with E-state index in [0.717, 1.165) is 0 Å². The first-order valence-corrected chi connectivity index (χ1v) is 5.44. The number of hydrogen-bond acceptors (Lipinski definition) is 0. The molecule has 76 valence electrons. The van der Waals surface area contributed by atoms with Gasteiger partial charge in [0.2, 0.25) is 5.35 Å². The smallest absolute Gasteiger partial charge is 0.201 e. The van der Waals surface area contributed by atoms with Gasteiger partial charge < -0.3 is 0 Å². The summed E-state index contributed by atoms with van der Waals surface area (Å²) in [6.45, 7) is 6.18. The Kier molecular flexibility index (Phi) is 3.87. The molecule has 0 fully saturated rings. The summed E-state index contributed by atoms with van der Waals surface area (Å²) in [6.07, 6.45) is 9.17. The van der Waals surface area contributed by atoms with Gasteiger partial charge in [0.05, 0.1) is 0 Å². The van der Waals surface area contributed by atoms with Gasteiger partial charge in [-0.25, -0.2) is 4.57 Å². The van der Waals surface area contributed by atoms with E-state index in [-0.39, 0.29) is 0 Å². The van der Waals surface area contributed by atoms with E-state index in [1.807, 2.05) is 13.8 Å². The van der Waals surface area contributed by atoms with E-state index in [4.69, 9.17) is 0 Å². The summed E-state index contributed by atoms with van der Waals surface area (Å²) in [7, 11) is 2.11. The maximum absolute atomic E-state index is 2.34. The van der Waals surface area contributed by atoms with E-state index in [1.54, 1.807) is 0 Å². The van der Waals surface area contributed by atoms with Gasteiger partial charge in [0, 0.05) is 11.3 Å². The summed E-state index contributed by atoms with van der Waals surface area (Å²) in [5, 5.41) is 2.80. The number of hydrogen-bond donors (Lipinski definition) is 0. The summed E-state index contributed by atoms with van der Waals surface area (Å²) < 4.78 is 2.19. The first-order valence-electron chi connectivity index (χ1n) is 5.44. The van der Waals surface area contributed by atoms with Crippen LogP contribution in [0.2, 0.25) is 0 Å². The van der Waals surface area contributed by atoms with Gasteiger partial charge in [0.1, 0.15) is 7.05 Å². The van der Waals surface area contributed by atoms with E-state index < -0.39 is 0 Å². The fourth-order valence-electron chi connectivity index (χ4n) is 1.75. The fraction of sp³-hybridized carbons (Fsp3) is 0.462. The lowest BCUT2D eigenvalue weighted by atomic mass is 10.1. The van der Waals surface area contributed by atoms with Crippen LogP contribution in [0.15, 0.2) is 12.3 Å². The SMILES string of the molecule is CC.Cc1cc[n+](C)c2c1=CCCC=2. The molecule has 0 saturated heterocycles. The van der Waals surface area contributed by atoms with Gasteiger partial charge in [-0.05, 0) is 31.4 Å². The van der Waals surface area contributed by atoms with Gasteiger partial charge in [-0.3, -0.25) is 0 Å². The third kappa shape index (κ3) is 2.03. The lowest BCUT2D eigenvalue weighted by Gasteiger charge is -2.00. The minimum Gasteiger partial charge on any atom is -0.201 e. The van der Waals surface area contributed by atoms with Gasteiger partial charge in [0.15, 0.2) is 6.20 Å². The zero-order chi connectivity index (χ0) is 10.6. The number of rotatable bonds is 0. The zero-order valence-electron chi connectivity index (χ0n) is 9.67. The van der Waals surface area contributed by atoms with Crippen LogP contribution in [0, 0.1) is 6.92 Å². The van der Waals surface area contributed by atoms with Crippen LogP contribution in [0.4, 0.5) is 0 Å². The molecule has 0 unspecified atom stereocenters. The molecule has 0 saturated carbocycles. The van der Waals surface area contributed by atoms with Gasteiger partial charge in [-0.2, -0.15) is 0 Å². The molecule has 0 aliphatic heterocycles. The Morgan fingerprint density at radius 1 is 1.14 bits per heavy atom. The van der Waals surface area contributed by atoms with Crippen molar-refractivity contribution < 1.29 is 4.57 Å². The Labute approximate surface area is 86.4 Å². The summed E-state index contributed by atoms with van der Waals surface area (Å²) in [5.41, 5.74) is 1.39. The number of pyridine rings is 1. The summed E-state index contributed by atoms with van der Waals surface area (Å²) in [4.78, 5) is 0. The highest BCUT2D eigenvalue weighted by Crippen LogP contribution is 1.94. The lowest BCUT2D eigenvalue weighted by molar-refractivity contribution is -0.685. The van der Waals surface area contributed by atoms with E-state index in [9.17, 15) is 0 Å². The molecule has 2 rings (SSSR count). The van der Waals surface area contributed by atoms with Crippen molar-refractivity contribution in [1.82, 2.24) is 0 Å². The van der Waals surface area contributed by atoms with Crippen molar-refractivity contribution >= 4 is 12.2 Å². The molecule has 0 spiro atoms. The van der Waals surface area contributed by atoms with Crippen LogP contribution in [-0.2, 0) is 7.05 Å². The third-order valence-corrected chi connectivity index (χ3v) is 2.48. The molecule has 14 heavy (non-hydrogen) atoms. The summed E-state index contributed by atoms with van der Waals surface area (Å²) in [5.74, 6) is 0. The molecule has 1 aliphatic carbocycles. The van der Waals surface area contributed by atoms with Crippen LogP contribution in [0.5, 0.6) is 0 Å². The minimum atomic E-state index is 1.18. The minimum absolute atomic E-state index is 1.18. The Morgan fingerprint density at radius 2 is 1.79 bits per heavy atom. The van der Waals surface area contributed by atoms with Crippen molar-refractivity contribution in [2.75, 3.05) is 0 Å². The van der Waals surface area contributed by atoms with Gasteiger partial charge >= 0.3 is 0 Å². The van der Waals surface area contributed by atoms with E-state index in [1.165, 1.54) is 29.0 Å². The highest BCUT2D eigenvalue weighted by Gasteiger charge is 2.04. The largest absolute Gasteiger partial charge is 0.208 e. The van der Waals surface area contributed by atoms with Crippen LogP contribution in [0.3, 0.4) is 0 Å². The van der Waals surface area contributed by atoms with Crippen molar-refractivity contribution in [3.63, 3.8) is 0 Å². The predicted molar refractivity (Wildman–Crippen MR) is 61.1 cm³/mol. The molecule has 1 heterocycles. The number of aromatic nitrogens is 1. The maximum Gasteiger partial charge on any atom is 0.208 e. The van der Waals surface area contributed by atoms with Crippen molar-refractivity contribution in [2.24, 2.45) is 7.05 Å². The molecule has 1 heteroatoms. The maximum atomic E-state index is 2.34. The molecule has 0 N–H and O–H groups in total. The molecular weight excluding hydrogens is 170 g/mol. The monoisotopic (exact) mass is 190 g/mol. The average Bonchev–Trinajstić information content (AvgIpc) is 2.27. The van der Waals surface area contributed by atoms with Crippen LogP contribution < -0.4 is 15.1 Å². The van der Waals surface area contributed by atoms with Crippen molar-refractivity contribution in [3.8, 4) is 0 Å². The Morgan fingerprint density at radius 3 is 2.43 bits per heavy atom. The molecular formula is C13H20N+. The molecule has 1 aliphatic rings. The molecule has 0 atom stereocenters. The van der Waals surface area contributed by atoms with Crippen molar-refractivity contribution in [1.29, 1.82) is 0 Å². The Bertz CT molecular complexity index is 375. The van der Waals surface area contributed by atoms with Crippen molar-refractivity contribution in [2.45, 2.75) is 33.6 Å². The first kappa shape index (κ1) is 11.0. The van der Waals surface area contributed by atoms with E-state index in [0.29, 0.717) is 0 Å². The van der Waals surface area contributed by atoms with Gasteiger partial charge in [-0.1, -0.05) is 19.9 Å². The Balaban J connectivity index is 0.000000461. The predicted octanol–water partition coefficient (Wildman–Crippen LogP) is 1.20. The number of nitrogens with zero attached hydrogens (tertiary/aromatic N) is 1. The van der Waals surface area contributed by atoms with Crippen LogP contribution in [0.25, 0.3) is 12.2 Å². The number of fused-ring (bicyclic) bond motifs is 1. The first-order chi connectivity index (χ1) is 6.79. The Hall–Kier alpha value is -1.11. The van der Waals surface area contributed by atoms with Crippen LogP contribution in [-0.4, -0.2) is 0 Å². The highest BCUT2D eigenvalue weighted by atomic mass is 14.9. The van der Waals surface area contributed by atoms with E-state index in [2.05, 4.69) is 43.0 Å². The standard InChI is InChI=1S/C11H14N.C2H6/c1-9-7-8-12(2)11-6-4-3-5-10(9)11;1-2/h5-8H,3-4H2,1-2H3;1-2H3/q+1;. The van der Waals surface area contributed by atoms with Crippen molar-refractivity contribution in [3.05, 3.63) is 28.4 Å². The zero-order valence-corrected chi connectivity index (χ0v) is 9.67. The third-order valence-electron chi connectivity index (χ3n) is 2.48. The normalized spacial score (nSPS) is 12.9. The van der Waals surface area contributed by atoms with Crippen LogP contribution >= 0.6 is 0 Å². The quantitative estimate of drug-likeness (QED) is 0.541. The van der Waals surface area contributed by atoms with E-state index >= 15 is 0 Å². The molecule has 0 bridgehead atoms. The molecule has 0 amide bonds. The topological polar surface area (TPSA) is 3.88 Å². The summed E-state index contributed by atoms with van der Waals surface area (Å²) in [6, 6.07) is 2.18. The van der Waals surface area contributed by atoms with Crippen LogP contribution in [0.1, 0.15) is 32.3 Å². The average molecular weight is 190 g/mol. The second-order valence-electron chi connectivity index (χ2n) is 3.39. The lowest BCUT2D eigenvalue weighted by Crippen LogP contribution is -2.55. The van der Waals surface area contributed by atoms with Gasteiger partial charge in [-0.15, -0.1) is 0 Å².